The zero-order valence-electron chi connectivity index (χ0n) is 19.7. The number of carbonyl (C=O) groups excluding carboxylic acids is 2. The Kier molecular flexibility index (Phi) is 6.87. The molecule has 3 aromatic rings. The molecule has 0 saturated carbocycles. The minimum atomic E-state index is -1.54. The van der Waals surface area contributed by atoms with Crippen LogP contribution in [0.2, 0.25) is 0 Å². The van der Waals surface area contributed by atoms with Crippen LogP contribution in [0.4, 0.5) is 4.79 Å². The predicted octanol–water partition coefficient (Wildman–Crippen LogP) is 4.42. The second kappa shape index (κ2) is 10.0. The Morgan fingerprint density at radius 2 is 1.46 bits per heavy atom. The van der Waals surface area contributed by atoms with E-state index in [2.05, 4.69) is 22.8 Å². The SMILES string of the molecule is CC[C@@H](NC(=O)C(C)(NC(=O)OCC1c2ccccc2-c2ccccc21)c1ccccc1)C(=O)O. The summed E-state index contributed by atoms with van der Waals surface area (Å²) in [5.74, 6) is -1.90. The van der Waals surface area contributed by atoms with Gasteiger partial charge in [0.15, 0.2) is 0 Å². The van der Waals surface area contributed by atoms with Gasteiger partial charge in [0, 0.05) is 5.92 Å². The third-order valence-electron chi connectivity index (χ3n) is 6.51. The first-order chi connectivity index (χ1) is 16.8. The number of carboxylic acid groups (broad SMARTS) is 1. The Hall–Kier alpha value is -4.13. The number of rotatable bonds is 8. The number of benzene rings is 3. The number of amides is 2. The van der Waals surface area contributed by atoms with Crippen molar-refractivity contribution in [1.82, 2.24) is 10.6 Å². The van der Waals surface area contributed by atoms with Crippen molar-refractivity contribution in [3.05, 3.63) is 95.6 Å². The fraction of sp³-hybridized carbons (Fsp3) is 0.250. The fourth-order valence-electron chi connectivity index (χ4n) is 4.51. The average molecular weight is 473 g/mol. The van der Waals surface area contributed by atoms with Crippen LogP contribution in [0, 0.1) is 0 Å². The molecular weight excluding hydrogens is 444 g/mol. The summed E-state index contributed by atoms with van der Waals surface area (Å²) in [6, 6.07) is 23.7. The number of carboxylic acids is 1. The average Bonchev–Trinajstić information content (AvgIpc) is 3.19. The zero-order valence-corrected chi connectivity index (χ0v) is 19.7. The van der Waals surface area contributed by atoms with Crippen molar-refractivity contribution < 1.29 is 24.2 Å². The van der Waals surface area contributed by atoms with Gasteiger partial charge < -0.3 is 20.5 Å². The normalized spacial score (nSPS) is 14.7. The van der Waals surface area contributed by atoms with E-state index in [0.717, 1.165) is 22.3 Å². The molecule has 0 bridgehead atoms. The molecule has 4 rings (SSSR count). The second-order valence-corrected chi connectivity index (χ2v) is 8.71. The topological polar surface area (TPSA) is 105 Å². The van der Waals surface area contributed by atoms with Crippen LogP contribution in [0.1, 0.15) is 42.9 Å². The first-order valence-electron chi connectivity index (χ1n) is 11.6. The molecule has 7 nitrogen and oxygen atoms in total. The predicted molar refractivity (Wildman–Crippen MR) is 132 cm³/mol. The highest BCUT2D eigenvalue weighted by atomic mass is 16.5. The summed E-state index contributed by atoms with van der Waals surface area (Å²) in [5, 5.41) is 14.6. The van der Waals surface area contributed by atoms with E-state index in [1.54, 1.807) is 37.3 Å². The van der Waals surface area contributed by atoms with Crippen molar-refractivity contribution in [2.45, 2.75) is 37.8 Å². The van der Waals surface area contributed by atoms with Gasteiger partial charge in [0.2, 0.25) is 0 Å². The Morgan fingerprint density at radius 1 is 0.914 bits per heavy atom. The van der Waals surface area contributed by atoms with Gasteiger partial charge in [-0.1, -0.05) is 85.8 Å². The third-order valence-corrected chi connectivity index (χ3v) is 6.51. The fourth-order valence-corrected chi connectivity index (χ4v) is 4.51. The van der Waals surface area contributed by atoms with E-state index < -0.39 is 29.6 Å². The minimum Gasteiger partial charge on any atom is -0.480 e. The maximum absolute atomic E-state index is 13.2. The summed E-state index contributed by atoms with van der Waals surface area (Å²) in [6.07, 6.45) is -0.562. The first-order valence-corrected chi connectivity index (χ1v) is 11.6. The Morgan fingerprint density at radius 3 is 2.00 bits per heavy atom. The van der Waals surface area contributed by atoms with Crippen LogP contribution in [0.15, 0.2) is 78.9 Å². The minimum absolute atomic E-state index is 0.0963. The van der Waals surface area contributed by atoms with Crippen molar-refractivity contribution in [2.24, 2.45) is 0 Å². The van der Waals surface area contributed by atoms with Gasteiger partial charge in [-0.15, -0.1) is 0 Å². The lowest BCUT2D eigenvalue weighted by molar-refractivity contribution is -0.143. The van der Waals surface area contributed by atoms with Crippen molar-refractivity contribution in [3.8, 4) is 11.1 Å². The number of hydrogen-bond donors (Lipinski definition) is 3. The van der Waals surface area contributed by atoms with E-state index in [9.17, 15) is 19.5 Å². The molecule has 0 spiro atoms. The Balaban J connectivity index is 1.53. The molecule has 180 valence electrons. The van der Waals surface area contributed by atoms with Crippen LogP contribution < -0.4 is 10.6 Å². The molecule has 0 aromatic heterocycles. The van der Waals surface area contributed by atoms with Crippen LogP contribution in [0.5, 0.6) is 0 Å². The Labute approximate surface area is 204 Å². The standard InChI is InChI=1S/C28H28N2O5/c1-3-24(25(31)32)29-26(33)28(2,18-11-5-4-6-12-18)30-27(34)35-17-23-21-15-9-7-13-19(21)20-14-8-10-16-22(20)23/h4-16,23-24H,3,17H2,1-2H3,(H,29,33)(H,30,34)(H,31,32)/t24-,28?/m1/s1. The number of aliphatic carboxylic acids is 1. The highest BCUT2D eigenvalue weighted by Crippen LogP contribution is 2.44. The van der Waals surface area contributed by atoms with E-state index in [0.29, 0.717) is 5.56 Å². The number of alkyl carbamates (subject to hydrolysis) is 1. The molecule has 7 heteroatoms. The summed E-state index contributed by atoms with van der Waals surface area (Å²) in [5.41, 5.74) is 3.36. The highest BCUT2D eigenvalue weighted by molar-refractivity contribution is 5.93. The van der Waals surface area contributed by atoms with E-state index in [1.807, 2.05) is 36.4 Å². The first kappa shape index (κ1) is 24.0. The highest BCUT2D eigenvalue weighted by Gasteiger charge is 2.39. The summed E-state index contributed by atoms with van der Waals surface area (Å²) in [6.45, 7) is 3.30. The van der Waals surface area contributed by atoms with E-state index >= 15 is 0 Å². The molecule has 2 atom stereocenters. The molecule has 35 heavy (non-hydrogen) atoms. The number of fused-ring (bicyclic) bond motifs is 3. The maximum Gasteiger partial charge on any atom is 0.408 e. The maximum atomic E-state index is 13.2. The van der Waals surface area contributed by atoms with Crippen molar-refractivity contribution in [1.29, 1.82) is 0 Å². The largest absolute Gasteiger partial charge is 0.480 e. The summed E-state index contributed by atoms with van der Waals surface area (Å²) in [7, 11) is 0. The molecule has 0 radical (unpaired) electrons. The van der Waals surface area contributed by atoms with E-state index in [1.165, 1.54) is 6.92 Å². The van der Waals surface area contributed by atoms with Crippen LogP contribution >= 0.6 is 0 Å². The lowest BCUT2D eigenvalue weighted by atomic mass is 9.90. The van der Waals surface area contributed by atoms with Crippen LogP contribution in [0.3, 0.4) is 0 Å². The molecule has 1 aliphatic rings. The molecule has 3 N–H and O–H groups in total. The molecule has 3 aromatic carbocycles. The van der Waals surface area contributed by atoms with Gasteiger partial charge in [-0.05, 0) is 41.2 Å². The smallest absolute Gasteiger partial charge is 0.408 e. The molecular formula is C28H28N2O5. The van der Waals surface area contributed by atoms with Crippen LogP contribution in [-0.4, -0.2) is 35.7 Å². The van der Waals surface area contributed by atoms with Gasteiger partial charge in [-0.3, -0.25) is 4.79 Å². The summed E-state index contributed by atoms with van der Waals surface area (Å²) in [4.78, 5) is 37.7. The second-order valence-electron chi connectivity index (χ2n) is 8.71. The molecule has 1 unspecified atom stereocenters. The number of hydrogen-bond acceptors (Lipinski definition) is 4. The Bertz CT molecular complexity index is 1200. The monoisotopic (exact) mass is 472 g/mol. The number of ether oxygens (including phenoxy) is 1. The van der Waals surface area contributed by atoms with Crippen molar-refractivity contribution in [3.63, 3.8) is 0 Å². The molecule has 2 amide bonds. The number of carbonyl (C=O) groups is 3. The van der Waals surface area contributed by atoms with E-state index in [4.69, 9.17) is 4.74 Å². The zero-order chi connectivity index (χ0) is 25.0. The molecule has 0 heterocycles. The van der Waals surface area contributed by atoms with Gasteiger partial charge in [-0.25, -0.2) is 9.59 Å². The quantitative estimate of drug-likeness (QED) is 0.450. The lowest BCUT2D eigenvalue weighted by Crippen LogP contribution is -2.57. The summed E-state index contributed by atoms with van der Waals surface area (Å²) >= 11 is 0. The summed E-state index contributed by atoms with van der Waals surface area (Å²) < 4.78 is 5.64. The van der Waals surface area contributed by atoms with Crippen molar-refractivity contribution in [2.75, 3.05) is 6.61 Å². The van der Waals surface area contributed by atoms with Crippen molar-refractivity contribution >= 4 is 18.0 Å². The molecule has 1 aliphatic carbocycles. The van der Waals surface area contributed by atoms with Gasteiger partial charge in [0.25, 0.3) is 5.91 Å². The molecule has 0 fully saturated rings. The lowest BCUT2D eigenvalue weighted by Gasteiger charge is -2.31. The van der Waals surface area contributed by atoms with Crippen LogP contribution in [0.25, 0.3) is 11.1 Å². The van der Waals surface area contributed by atoms with Gasteiger partial charge in [-0.2, -0.15) is 0 Å². The van der Waals surface area contributed by atoms with E-state index in [-0.39, 0.29) is 18.9 Å². The third kappa shape index (κ3) is 4.75. The molecule has 0 aliphatic heterocycles. The van der Waals surface area contributed by atoms with Gasteiger partial charge in [0.1, 0.15) is 18.2 Å². The van der Waals surface area contributed by atoms with Gasteiger partial charge >= 0.3 is 12.1 Å². The molecule has 0 saturated heterocycles. The van der Waals surface area contributed by atoms with Crippen LogP contribution in [-0.2, 0) is 19.9 Å². The number of nitrogens with one attached hydrogen (secondary N) is 2. The van der Waals surface area contributed by atoms with Gasteiger partial charge in [0.05, 0.1) is 0 Å².